The number of nitrogens with zero attached hydrogens (tertiary/aromatic N) is 1. The summed E-state index contributed by atoms with van der Waals surface area (Å²) in [6, 6.07) is 9.82. The van der Waals surface area contributed by atoms with E-state index in [4.69, 9.17) is 17.3 Å². The zero-order chi connectivity index (χ0) is 13.3. The number of pyridine rings is 1. The molecule has 0 amide bonds. The highest BCUT2D eigenvalue weighted by atomic mass is 35.5. The second kappa shape index (κ2) is 8.97. The van der Waals surface area contributed by atoms with E-state index in [9.17, 15) is 0 Å². The Kier molecular flexibility index (Phi) is 8.38. The molecule has 0 fully saturated rings. The SMILES string of the molecule is CC.CC.NCc1cc2ccccc2nc1Cl. The van der Waals surface area contributed by atoms with E-state index in [-0.39, 0.29) is 0 Å². The fourth-order valence-electron chi connectivity index (χ4n) is 1.28. The summed E-state index contributed by atoms with van der Waals surface area (Å²) in [4.78, 5) is 4.23. The molecule has 2 nitrogen and oxygen atoms in total. The van der Waals surface area contributed by atoms with Crippen molar-refractivity contribution in [1.82, 2.24) is 4.98 Å². The molecule has 2 aromatic rings. The Morgan fingerprint density at radius 1 is 1.12 bits per heavy atom. The molecule has 1 heterocycles. The van der Waals surface area contributed by atoms with E-state index in [0.717, 1.165) is 16.5 Å². The molecular weight excluding hydrogens is 232 g/mol. The summed E-state index contributed by atoms with van der Waals surface area (Å²) < 4.78 is 0. The van der Waals surface area contributed by atoms with Crippen molar-refractivity contribution < 1.29 is 0 Å². The molecule has 17 heavy (non-hydrogen) atoms. The van der Waals surface area contributed by atoms with E-state index < -0.39 is 0 Å². The smallest absolute Gasteiger partial charge is 0.134 e. The van der Waals surface area contributed by atoms with Gasteiger partial charge in [-0.1, -0.05) is 57.5 Å². The lowest BCUT2D eigenvalue weighted by Crippen LogP contribution is -1.98. The molecule has 0 atom stereocenters. The molecule has 0 bridgehead atoms. The van der Waals surface area contributed by atoms with Crippen molar-refractivity contribution in [2.24, 2.45) is 5.73 Å². The molecule has 1 aromatic carbocycles. The van der Waals surface area contributed by atoms with Crippen LogP contribution in [0.25, 0.3) is 10.9 Å². The van der Waals surface area contributed by atoms with Crippen LogP contribution in [0.5, 0.6) is 0 Å². The lowest BCUT2D eigenvalue weighted by atomic mass is 10.1. The van der Waals surface area contributed by atoms with Gasteiger partial charge in [-0.3, -0.25) is 0 Å². The molecule has 3 heteroatoms. The fraction of sp³-hybridized carbons (Fsp3) is 0.357. The van der Waals surface area contributed by atoms with E-state index in [2.05, 4.69) is 4.98 Å². The average Bonchev–Trinajstić information content (AvgIpc) is 2.42. The highest BCUT2D eigenvalue weighted by Gasteiger charge is 2.01. The standard InChI is InChI=1S/C10H9ClN2.2C2H6/c11-10-8(6-12)5-7-3-1-2-4-9(7)13-10;2*1-2/h1-5H,6,12H2;2*1-2H3. The maximum Gasteiger partial charge on any atom is 0.134 e. The van der Waals surface area contributed by atoms with Gasteiger partial charge in [0.1, 0.15) is 5.15 Å². The lowest BCUT2D eigenvalue weighted by molar-refractivity contribution is 1.06. The molecule has 0 unspecified atom stereocenters. The van der Waals surface area contributed by atoms with Crippen molar-refractivity contribution in [1.29, 1.82) is 0 Å². The first kappa shape index (κ1) is 15.9. The largest absolute Gasteiger partial charge is 0.326 e. The van der Waals surface area contributed by atoms with E-state index in [1.54, 1.807) is 0 Å². The van der Waals surface area contributed by atoms with Crippen molar-refractivity contribution in [2.45, 2.75) is 34.2 Å². The molecule has 0 radical (unpaired) electrons. The Labute approximate surface area is 109 Å². The van der Waals surface area contributed by atoms with E-state index in [0.29, 0.717) is 11.7 Å². The van der Waals surface area contributed by atoms with Gasteiger partial charge in [0, 0.05) is 17.5 Å². The maximum absolute atomic E-state index is 5.91. The third-order valence-electron chi connectivity index (χ3n) is 1.97. The number of para-hydroxylation sites is 1. The maximum atomic E-state index is 5.91. The van der Waals surface area contributed by atoms with E-state index >= 15 is 0 Å². The number of hydrogen-bond donors (Lipinski definition) is 1. The summed E-state index contributed by atoms with van der Waals surface area (Å²) in [5.74, 6) is 0. The van der Waals surface area contributed by atoms with Crippen LogP contribution in [0.2, 0.25) is 5.15 Å². The molecule has 1 aromatic heterocycles. The summed E-state index contributed by atoms with van der Waals surface area (Å²) >= 11 is 5.91. The summed E-state index contributed by atoms with van der Waals surface area (Å²) in [7, 11) is 0. The third-order valence-corrected chi connectivity index (χ3v) is 2.30. The van der Waals surface area contributed by atoms with Gasteiger partial charge in [-0.15, -0.1) is 0 Å². The quantitative estimate of drug-likeness (QED) is 0.764. The Balaban J connectivity index is 0.000000581. The molecular formula is C14H21ClN2. The first-order chi connectivity index (χ1) is 8.31. The minimum absolute atomic E-state index is 0.427. The fourth-order valence-corrected chi connectivity index (χ4v) is 1.50. The Hall–Kier alpha value is -1.12. The number of nitrogens with two attached hydrogens (primary N) is 1. The number of rotatable bonds is 1. The van der Waals surface area contributed by atoms with Crippen LogP contribution in [0.1, 0.15) is 33.3 Å². The van der Waals surface area contributed by atoms with Crippen LogP contribution in [-0.2, 0) is 6.54 Å². The lowest BCUT2D eigenvalue weighted by Gasteiger charge is -2.02. The molecule has 0 saturated heterocycles. The van der Waals surface area contributed by atoms with Gasteiger partial charge in [-0.25, -0.2) is 4.98 Å². The monoisotopic (exact) mass is 252 g/mol. The van der Waals surface area contributed by atoms with Gasteiger partial charge >= 0.3 is 0 Å². The Morgan fingerprint density at radius 2 is 1.71 bits per heavy atom. The number of aromatic nitrogens is 1. The molecule has 2 rings (SSSR count). The van der Waals surface area contributed by atoms with Crippen LogP contribution in [0, 0.1) is 0 Å². The van der Waals surface area contributed by atoms with Crippen LogP contribution in [0.4, 0.5) is 0 Å². The predicted molar refractivity (Wildman–Crippen MR) is 77.3 cm³/mol. The number of benzene rings is 1. The van der Waals surface area contributed by atoms with Gasteiger partial charge in [0.15, 0.2) is 0 Å². The van der Waals surface area contributed by atoms with Gasteiger partial charge in [0.25, 0.3) is 0 Å². The van der Waals surface area contributed by atoms with Crippen LogP contribution in [0.3, 0.4) is 0 Å². The molecule has 0 saturated carbocycles. The van der Waals surface area contributed by atoms with Gasteiger partial charge in [0.2, 0.25) is 0 Å². The highest BCUT2D eigenvalue weighted by molar-refractivity contribution is 6.30. The van der Waals surface area contributed by atoms with Crippen LogP contribution in [0.15, 0.2) is 30.3 Å². The number of halogens is 1. The minimum Gasteiger partial charge on any atom is -0.326 e. The second-order valence-corrected chi connectivity index (χ2v) is 3.19. The number of hydrogen-bond acceptors (Lipinski definition) is 2. The van der Waals surface area contributed by atoms with Crippen molar-refractivity contribution in [3.63, 3.8) is 0 Å². The zero-order valence-electron chi connectivity index (χ0n) is 11.0. The van der Waals surface area contributed by atoms with Crippen molar-refractivity contribution in [3.8, 4) is 0 Å². The second-order valence-electron chi connectivity index (χ2n) is 2.84. The van der Waals surface area contributed by atoms with Crippen molar-refractivity contribution >= 4 is 22.5 Å². The molecule has 0 aliphatic rings. The highest BCUT2D eigenvalue weighted by Crippen LogP contribution is 2.19. The van der Waals surface area contributed by atoms with Gasteiger partial charge in [-0.2, -0.15) is 0 Å². The van der Waals surface area contributed by atoms with Gasteiger partial charge in [-0.05, 0) is 12.1 Å². The average molecular weight is 253 g/mol. The van der Waals surface area contributed by atoms with Crippen LogP contribution in [-0.4, -0.2) is 4.98 Å². The first-order valence-electron chi connectivity index (χ1n) is 6.05. The van der Waals surface area contributed by atoms with Crippen LogP contribution >= 0.6 is 11.6 Å². The molecule has 0 aliphatic heterocycles. The summed E-state index contributed by atoms with van der Waals surface area (Å²) in [6.07, 6.45) is 0. The summed E-state index contributed by atoms with van der Waals surface area (Å²) in [5.41, 5.74) is 7.31. The topological polar surface area (TPSA) is 38.9 Å². The first-order valence-corrected chi connectivity index (χ1v) is 6.43. The molecule has 0 spiro atoms. The molecule has 2 N–H and O–H groups in total. The minimum atomic E-state index is 0.427. The molecule has 94 valence electrons. The van der Waals surface area contributed by atoms with Gasteiger partial charge in [0.05, 0.1) is 5.52 Å². The third kappa shape index (κ3) is 4.33. The number of fused-ring (bicyclic) bond motifs is 1. The van der Waals surface area contributed by atoms with Gasteiger partial charge < -0.3 is 5.73 Å². The normalized spacial score (nSPS) is 8.82. The van der Waals surface area contributed by atoms with Crippen LogP contribution < -0.4 is 5.73 Å². The van der Waals surface area contributed by atoms with E-state index in [1.807, 2.05) is 58.0 Å². The Morgan fingerprint density at radius 3 is 2.29 bits per heavy atom. The molecule has 0 aliphatic carbocycles. The van der Waals surface area contributed by atoms with Crippen molar-refractivity contribution in [2.75, 3.05) is 0 Å². The summed E-state index contributed by atoms with van der Waals surface area (Å²) in [6.45, 7) is 8.43. The van der Waals surface area contributed by atoms with Crippen molar-refractivity contribution in [3.05, 3.63) is 41.0 Å². The zero-order valence-corrected chi connectivity index (χ0v) is 11.8. The predicted octanol–water partition coefficient (Wildman–Crippen LogP) is 4.40. The Bertz CT molecular complexity index is 441. The summed E-state index contributed by atoms with van der Waals surface area (Å²) in [5, 5.41) is 1.58. The van der Waals surface area contributed by atoms with E-state index in [1.165, 1.54) is 0 Å².